The predicted molar refractivity (Wildman–Crippen MR) is 95.9 cm³/mol. The summed E-state index contributed by atoms with van der Waals surface area (Å²) in [6, 6.07) is 10.1. The maximum atomic E-state index is 12.3. The molecular formula is C17H15N3O5S. The lowest BCUT2D eigenvalue weighted by Crippen LogP contribution is -2.21. The molecule has 1 heterocycles. The third-order valence-corrected chi connectivity index (χ3v) is 4.07. The van der Waals surface area contributed by atoms with Crippen molar-refractivity contribution in [1.82, 2.24) is 8.75 Å². The molecule has 0 saturated carbocycles. The van der Waals surface area contributed by atoms with Gasteiger partial charge in [-0.2, -0.15) is 8.75 Å². The maximum absolute atomic E-state index is 12.3. The van der Waals surface area contributed by atoms with Crippen LogP contribution in [0.5, 0.6) is 11.5 Å². The van der Waals surface area contributed by atoms with E-state index in [1.807, 2.05) is 0 Å². The van der Waals surface area contributed by atoms with Crippen molar-refractivity contribution in [2.24, 2.45) is 0 Å². The highest BCUT2D eigenvalue weighted by atomic mass is 32.1. The highest BCUT2D eigenvalue weighted by molar-refractivity contribution is 7.00. The second-order valence-electron chi connectivity index (χ2n) is 5.10. The fraction of sp³-hybridized carbons (Fsp3) is 0.176. The minimum absolute atomic E-state index is 0.121. The molecule has 2 aromatic carbocycles. The van der Waals surface area contributed by atoms with Crippen molar-refractivity contribution in [3.8, 4) is 11.5 Å². The Hall–Kier alpha value is -3.20. The summed E-state index contributed by atoms with van der Waals surface area (Å²) in [5.41, 5.74) is 1.90. The number of anilines is 1. The molecule has 1 N–H and O–H groups in total. The molecule has 3 aromatic rings. The van der Waals surface area contributed by atoms with Gasteiger partial charge in [0.05, 0.1) is 31.6 Å². The lowest BCUT2D eigenvalue weighted by Gasteiger charge is -2.12. The van der Waals surface area contributed by atoms with Gasteiger partial charge in [0.25, 0.3) is 5.91 Å². The first-order chi connectivity index (χ1) is 12.6. The molecule has 1 aromatic heterocycles. The van der Waals surface area contributed by atoms with Crippen molar-refractivity contribution in [2.45, 2.75) is 0 Å². The van der Waals surface area contributed by atoms with Crippen LogP contribution < -0.4 is 14.8 Å². The summed E-state index contributed by atoms with van der Waals surface area (Å²) >= 11 is 1.05. The lowest BCUT2D eigenvalue weighted by atomic mass is 10.2. The van der Waals surface area contributed by atoms with Crippen molar-refractivity contribution in [3.63, 3.8) is 0 Å². The Balaban J connectivity index is 1.68. The van der Waals surface area contributed by atoms with Crippen molar-refractivity contribution in [3.05, 3.63) is 42.0 Å². The van der Waals surface area contributed by atoms with E-state index in [1.165, 1.54) is 14.2 Å². The van der Waals surface area contributed by atoms with E-state index in [2.05, 4.69) is 14.1 Å². The van der Waals surface area contributed by atoms with Crippen LogP contribution in [0.15, 0.2) is 36.4 Å². The summed E-state index contributed by atoms with van der Waals surface area (Å²) in [7, 11) is 2.86. The first-order valence-electron chi connectivity index (χ1n) is 7.53. The molecule has 0 radical (unpaired) electrons. The van der Waals surface area contributed by atoms with Gasteiger partial charge in [0.2, 0.25) is 0 Å². The smallest absolute Gasteiger partial charge is 0.346 e. The summed E-state index contributed by atoms with van der Waals surface area (Å²) in [5.74, 6) is -0.614. The first-order valence-corrected chi connectivity index (χ1v) is 8.26. The van der Waals surface area contributed by atoms with Gasteiger partial charge in [-0.3, -0.25) is 4.79 Å². The van der Waals surface area contributed by atoms with E-state index in [0.717, 1.165) is 11.7 Å². The Bertz CT molecular complexity index is 934. The average molecular weight is 373 g/mol. The number of esters is 1. The monoisotopic (exact) mass is 373 g/mol. The zero-order chi connectivity index (χ0) is 18.5. The van der Waals surface area contributed by atoms with Crippen LogP contribution in [0, 0.1) is 0 Å². The number of ether oxygens (including phenoxy) is 3. The molecule has 0 bridgehead atoms. The van der Waals surface area contributed by atoms with Gasteiger partial charge in [0.1, 0.15) is 28.1 Å². The number of rotatable bonds is 6. The fourth-order valence-corrected chi connectivity index (χ4v) is 2.90. The third-order valence-electron chi connectivity index (χ3n) is 3.53. The number of benzene rings is 2. The van der Waals surface area contributed by atoms with Gasteiger partial charge in [0, 0.05) is 0 Å². The molecular weight excluding hydrogens is 358 g/mol. The fourth-order valence-electron chi connectivity index (χ4n) is 2.35. The Morgan fingerprint density at radius 1 is 1.04 bits per heavy atom. The number of hydrogen-bond donors (Lipinski definition) is 1. The number of methoxy groups -OCH3 is 2. The molecule has 0 saturated heterocycles. The normalized spacial score (nSPS) is 10.4. The Morgan fingerprint density at radius 3 is 2.42 bits per heavy atom. The third kappa shape index (κ3) is 3.57. The Kier molecular flexibility index (Phi) is 5.28. The van der Waals surface area contributed by atoms with E-state index in [9.17, 15) is 9.59 Å². The van der Waals surface area contributed by atoms with Gasteiger partial charge in [-0.05, 0) is 24.3 Å². The molecule has 1 amide bonds. The molecule has 3 rings (SSSR count). The molecule has 0 spiro atoms. The van der Waals surface area contributed by atoms with Crippen molar-refractivity contribution in [1.29, 1.82) is 0 Å². The van der Waals surface area contributed by atoms with Gasteiger partial charge >= 0.3 is 5.97 Å². The Labute approximate surface area is 153 Å². The molecule has 8 nitrogen and oxygen atoms in total. The van der Waals surface area contributed by atoms with Crippen LogP contribution in [-0.2, 0) is 9.53 Å². The van der Waals surface area contributed by atoms with E-state index in [4.69, 9.17) is 14.2 Å². The summed E-state index contributed by atoms with van der Waals surface area (Å²) < 4.78 is 23.6. The number of fused-ring (bicyclic) bond motifs is 1. The first kappa shape index (κ1) is 17.6. The molecule has 134 valence electrons. The van der Waals surface area contributed by atoms with Crippen LogP contribution in [0.4, 0.5) is 5.69 Å². The van der Waals surface area contributed by atoms with Gasteiger partial charge in [0.15, 0.2) is 6.61 Å². The number of nitrogens with zero attached hydrogens (tertiary/aromatic N) is 2. The summed E-state index contributed by atoms with van der Waals surface area (Å²) in [4.78, 5) is 24.5. The predicted octanol–water partition coefficient (Wildman–Crippen LogP) is 2.50. The van der Waals surface area contributed by atoms with Crippen LogP contribution in [0.2, 0.25) is 0 Å². The second-order valence-corrected chi connectivity index (χ2v) is 5.63. The van der Waals surface area contributed by atoms with E-state index in [0.29, 0.717) is 28.2 Å². The molecule has 0 aliphatic heterocycles. The zero-order valence-electron chi connectivity index (χ0n) is 14.0. The van der Waals surface area contributed by atoms with Crippen molar-refractivity contribution in [2.75, 3.05) is 26.1 Å². The number of carbonyl (C=O) groups is 2. The molecule has 0 atom stereocenters. The van der Waals surface area contributed by atoms with Crippen LogP contribution in [-0.4, -0.2) is 41.5 Å². The zero-order valence-corrected chi connectivity index (χ0v) is 14.8. The van der Waals surface area contributed by atoms with E-state index >= 15 is 0 Å². The number of hydrogen-bond acceptors (Lipinski definition) is 8. The van der Waals surface area contributed by atoms with E-state index in [1.54, 1.807) is 36.4 Å². The molecule has 9 heteroatoms. The topological polar surface area (TPSA) is 99.6 Å². The minimum Gasteiger partial charge on any atom is -0.496 e. The quantitative estimate of drug-likeness (QED) is 0.663. The molecule has 0 aliphatic rings. The SMILES string of the molecule is COc1cccc(OC)c1C(=O)OCC(=O)Nc1cccc2nsnc12. The molecule has 0 aliphatic carbocycles. The maximum Gasteiger partial charge on any atom is 0.346 e. The van der Waals surface area contributed by atoms with Crippen molar-refractivity contribution < 1.29 is 23.8 Å². The van der Waals surface area contributed by atoms with Crippen LogP contribution in [0.25, 0.3) is 11.0 Å². The number of aromatic nitrogens is 2. The molecule has 0 unspecified atom stereocenters. The summed E-state index contributed by atoms with van der Waals surface area (Å²) in [5, 5.41) is 2.66. The molecule has 26 heavy (non-hydrogen) atoms. The number of nitrogens with one attached hydrogen (secondary N) is 1. The highest BCUT2D eigenvalue weighted by Gasteiger charge is 2.21. The van der Waals surface area contributed by atoms with Gasteiger partial charge < -0.3 is 19.5 Å². The van der Waals surface area contributed by atoms with Crippen LogP contribution in [0.3, 0.4) is 0 Å². The molecule has 0 fully saturated rings. The number of carbonyl (C=O) groups excluding carboxylic acids is 2. The Morgan fingerprint density at radius 2 is 1.73 bits per heavy atom. The average Bonchev–Trinajstić information content (AvgIpc) is 3.15. The lowest BCUT2D eigenvalue weighted by molar-refractivity contribution is -0.119. The second kappa shape index (κ2) is 7.79. The van der Waals surface area contributed by atoms with Gasteiger partial charge in [-0.1, -0.05) is 12.1 Å². The van der Waals surface area contributed by atoms with Crippen LogP contribution >= 0.6 is 11.7 Å². The van der Waals surface area contributed by atoms with E-state index in [-0.39, 0.29) is 5.56 Å². The number of amides is 1. The van der Waals surface area contributed by atoms with Crippen molar-refractivity contribution >= 4 is 40.3 Å². The van der Waals surface area contributed by atoms with Gasteiger partial charge in [-0.25, -0.2) is 4.79 Å². The largest absolute Gasteiger partial charge is 0.496 e. The minimum atomic E-state index is -0.719. The summed E-state index contributed by atoms with van der Waals surface area (Å²) in [6.07, 6.45) is 0. The van der Waals surface area contributed by atoms with Gasteiger partial charge in [-0.15, -0.1) is 0 Å². The van der Waals surface area contributed by atoms with E-state index < -0.39 is 18.5 Å². The summed E-state index contributed by atoms with van der Waals surface area (Å²) in [6.45, 7) is -0.464. The highest BCUT2D eigenvalue weighted by Crippen LogP contribution is 2.29. The standard InChI is InChI=1S/C17H15N3O5S/c1-23-12-7-4-8-13(24-2)15(12)17(22)25-9-14(21)18-10-5-3-6-11-16(10)20-26-19-11/h3-8H,9H2,1-2H3,(H,18,21). The van der Waals surface area contributed by atoms with Crippen LogP contribution in [0.1, 0.15) is 10.4 Å².